The van der Waals surface area contributed by atoms with Crippen molar-refractivity contribution >= 4 is 11.9 Å². The van der Waals surface area contributed by atoms with E-state index in [1.54, 1.807) is 0 Å². The zero-order valence-electron chi connectivity index (χ0n) is 21.9. The lowest BCUT2D eigenvalue weighted by atomic mass is 9.82. The second-order valence-electron chi connectivity index (χ2n) is 10.6. The average Bonchev–Trinajstić information content (AvgIpc) is 2.99. The first-order chi connectivity index (χ1) is 19.6. The molecular formula is C34H28O6. The van der Waals surface area contributed by atoms with Crippen molar-refractivity contribution in [2.45, 2.75) is 38.5 Å². The molecule has 40 heavy (non-hydrogen) atoms. The standard InChI is InChI=1S/C34H28O6/c35-33(39-31-13-5-11-29-25(31)19-23-7-1-3-9-27(23)37-29)21-15-17-22(18-16-21)34(36)40-32-14-6-12-30-26(32)20-24-8-2-4-10-28(24)38-30/h1-14,21-22H,15-20H2. The molecule has 0 spiro atoms. The quantitative estimate of drug-likeness (QED) is 0.174. The van der Waals surface area contributed by atoms with E-state index in [2.05, 4.69) is 0 Å². The van der Waals surface area contributed by atoms with Crippen molar-refractivity contribution in [3.8, 4) is 34.5 Å². The Balaban J connectivity index is 0.977. The average molecular weight is 533 g/mol. The zero-order valence-corrected chi connectivity index (χ0v) is 21.9. The van der Waals surface area contributed by atoms with Gasteiger partial charge in [0.25, 0.3) is 0 Å². The van der Waals surface area contributed by atoms with Crippen LogP contribution in [0.25, 0.3) is 0 Å². The topological polar surface area (TPSA) is 71.1 Å². The van der Waals surface area contributed by atoms with Gasteiger partial charge in [0.1, 0.15) is 34.5 Å². The van der Waals surface area contributed by atoms with Gasteiger partial charge in [-0.15, -0.1) is 0 Å². The van der Waals surface area contributed by atoms with E-state index < -0.39 is 0 Å². The van der Waals surface area contributed by atoms with Crippen molar-refractivity contribution in [2.75, 3.05) is 0 Å². The molecule has 1 fully saturated rings. The van der Waals surface area contributed by atoms with Crippen LogP contribution in [-0.2, 0) is 22.4 Å². The SMILES string of the molecule is O=C(Oc1cccc2c1Cc1ccccc1O2)C1CCC(C(=O)Oc2cccc3c2Cc2ccccc2O3)CC1. The fourth-order valence-corrected chi connectivity index (χ4v) is 5.89. The number of para-hydroxylation sites is 2. The molecule has 2 heterocycles. The van der Waals surface area contributed by atoms with Crippen LogP contribution in [0.1, 0.15) is 47.9 Å². The summed E-state index contributed by atoms with van der Waals surface area (Å²) in [5.74, 6) is 3.14. The molecule has 6 heteroatoms. The molecule has 4 aromatic rings. The van der Waals surface area contributed by atoms with Crippen LogP contribution in [0.3, 0.4) is 0 Å². The van der Waals surface area contributed by atoms with E-state index in [1.807, 2.05) is 84.9 Å². The van der Waals surface area contributed by atoms with Gasteiger partial charge in [0.2, 0.25) is 0 Å². The number of fused-ring (bicyclic) bond motifs is 4. The number of ether oxygens (including phenoxy) is 4. The Hall–Kier alpha value is -4.58. The van der Waals surface area contributed by atoms with Crippen molar-refractivity contribution < 1.29 is 28.5 Å². The molecule has 0 unspecified atom stereocenters. The first kappa shape index (κ1) is 24.5. The molecular weight excluding hydrogens is 504 g/mol. The third-order valence-corrected chi connectivity index (χ3v) is 8.11. The number of carbonyl (C=O) groups excluding carboxylic acids is 2. The number of benzene rings is 4. The molecule has 7 rings (SSSR count). The van der Waals surface area contributed by atoms with Gasteiger partial charge in [-0.25, -0.2) is 0 Å². The smallest absolute Gasteiger partial charge is 0.314 e. The normalized spacial score (nSPS) is 18.5. The molecule has 3 aliphatic rings. The van der Waals surface area contributed by atoms with Crippen molar-refractivity contribution in [3.63, 3.8) is 0 Å². The minimum absolute atomic E-state index is 0.257. The summed E-state index contributed by atoms with van der Waals surface area (Å²) in [4.78, 5) is 26.3. The predicted molar refractivity (Wildman–Crippen MR) is 148 cm³/mol. The summed E-state index contributed by atoms with van der Waals surface area (Å²) >= 11 is 0. The molecule has 1 aliphatic carbocycles. The summed E-state index contributed by atoms with van der Waals surface area (Å²) < 4.78 is 23.9. The highest BCUT2D eigenvalue weighted by Gasteiger charge is 2.33. The highest BCUT2D eigenvalue weighted by Crippen LogP contribution is 2.43. The van der Waals surface area contributed by atoms with Crippen LogP contribution in [0, 0.1) is 11.8 Å². The highest BCUT2D eigenvalue weighted by atomic mass is 16.5. The highest BCUT2D eigenvalue weighted by molar-refractivity contribution is 5.79. The first-order valence-electron chi connectivity index (χ1n) is 13.8. The minimum Gasteiger partial charge on any atom is -0.457 e. The first-order valence-corrected chi connectivity index (χ1v) is 13.8. The van der Waals surface area contributed by atoms with E-state index in [1.165, 1.54) is 0 Å². The summed E-state index contributed by atoms with van der Waals surface area (Å²) in [7, 11) is 0. The van der Waals surface area contributed by atoms with E-state index in [9.17, 15) is 9.59 Å². The van der Waals surface area contributed by atoms with Crippen LogP contribution in [0.4, 0.5) is 0 Å². The Kier molecular flexibility index (Phi) is 6.23. The Morgan fingerprint density at radius 3 is 1.38 bits per heavy atom. The summed E-state index contributed by atoms with van der Waals surface area (Å²) in [5.41, 5.74) is 3.88. The summed E-state index contributed by atoms with van der Waals surface area (Å²) in [6.07, 6.45) is 3.61. The van der Waals surface area contributed by atoms with Gasteiger partial charge < -0.3 is 18.9 Å². The van der Waals surface area contributed by atoms with Gasteiger partial charge in [0.05, 0.1) is 11.8 Å². The van der Waals surface area contributed by atoms with Gasteiger partial charge in [-0.05, 0) is 73.2 Å². The molecule has 0 radical (unpaired) electrons. The lowest BCUT2D eigenvalue weighted by Gasteiger charge is -2.27. The van der Waals surface area contributed by atoms with E-state index in [0.717, 1.165) is 33.8 Å². The lowest BCUT2D eigenvalue weighted by Crippen LogP contribution is -2.30. The van der Waals surface area contributed by atoms with Crippen LogP contribution < -0.4 is 18.9 Å². The van der Waals surface area contributed by atoms with Crippen LogP contribution in [0.2, 0.25) is 0 Å². The molecule has 1 saturated carbocycles. The Bertz CT molecular complexity index is 1490. The number of esters is 2. The molecule has 0 N–H and O–H groups in total. The van der Waals surface area contributed by atoms with Crippen LogP contribution in [-0.4, -0.2) is 11.9 Å². The molecule has 0 saturated heterocycles. The third-order valence-electron chi connectivity index (χ3n) is 8.11. The Labute approximate surface area is 232 Å². The van der Waals surface area contributed by atoms with Gasteiger partial charge in [-0.2, -0.15) is 0 Å². The maximum absolute atomic E-state index is 13.1. The summed E-state index contributed by atoms with van der Waals surface area (Å²) in [6, 6.07) is 26.9. The number of hydrogen-bond acceptors (Lipinski definition) is 6. The zero-order chi connectivity index (χ0) is 27.1. The molecule has 0 amide bonds. The van der Waals surface area contributed by atoms with Gasteiger partial charge in [-0.3, -0.25) is 9.59 Å². The third kappa shape index (κ3) is 4.60. The van der Waals surface area contributed by atoms with Crippen molar-refractivity contribution in [3.05, 3.63) is 107 Å². The Morgan fingerprint density at radius 1 is 0.525 bits per heavy atom. The largest absolute Gasteiger partial charge is 0.457 e. The molecule has 4 aromatic carbocycles. The van der Waals surface area contributed by atoms with E-state index in [-0.39, 0.29) is 23.8 Å². The van der Waals surface area contributed by atoms with Crippen molar-refractivity contribution in [2.24, 2.45) is 11.8 Å². The van der Waals surface area contributed by atoms with E-state index >= 15 is 0 Å². The maximum atomic E-state index is 13.1. The van der Waals surface area contributed by atoms with Gasteiger partial charge in [-0.1, -0.05) is 48.5 Å². The summed E-state index contributed by atoms with van der Waals surface area (Å²) in [6.45, 7) is 0. The second-order valence-corrected chi connectivity index (χ2v) is 10.6. The van der Waals surface area contributed by atoms with Gasteiger partial charge in [0.15, 0.2) is 0 Å². The van der Waals surface area contributed by atoms with Crippen LogP contribution >= 0.6 is 0 Å². The number of carbonyl (C=O) groups is 2. The lowest BCUT2D eigenvalue weighted by molar-refractivity contribution is -0.145. The second kappa shape index (κ2) is 10.2. The molecule has 0 aromatic heterocycles. The molecule has 0 bridgehead atoms. The predicted octanol–water partition coefficient (Wildman–Crippen LogP) is 7.40. The van der Waals surface area contributed by atoms with Gasteiger partial charge >= 0.3 is 11.9 Å². The van der Waals surface area contributed by atoms with E-state index in [0.29, 0.717) is 61.5 Å². The molecule has 200 valence electrons. The van der Waals surface area contributed by atoms with Crippen LogP contribution in [0.15, 0.2) is 84.9 Å². The monoisotopic (exact) mass is 532 g/mol. The minimum atomic E-state index is -0.258. The molecule has 6 nitrogen and oxygen atoms in total. The van der Waals surface area contributed by atoms with E-state index in [4.69, 9.17) is 18.9 Å². The number of rotatable bonds is 4. The number of hydrogen-bond donors (Lipinski definition) is 0. The fraction of sp³-hybridized carbons (Fsp3) is 0.235. The van der Waals surface area contributed by atoms with Crippen LogP contribution in [0.5, 0.6) is 34.5 Å². The molecule has 0 atom stereocenters. The Morgan fingerprint density at radius 2 is 0.925 bits per heavy atom. The summed E-state index contributed by atoms with van der Waals surface area (Å²) in [5, 5.41) is 0. The molecule has 2 aliphatic heterocycles. The van der Waals surface area contributed by atoms with Gasteiger partial charge in [0, 0.05) is 24.0 Å². The fourth-order valence-electron chi connectivity index (χ4n) is 5.89. The maximum Gasteiger partial charge on any atom is 0.314 e. The van der Waals surface area contributed by atoms with Crippen molar-refractivity contribution in [1.82, 2.24) is 0 Å². The van der Waals surface area contributed by atoms with Crippen molar-refractivity contribution in [1.29, 1.82) is 0 Å².